The Morgan fingerprint density at radius 1 is 1.23 bits per heavy atom. The fourth-order valence-corrected chi connectivity index (χ4v) is 4.36. The minimum Gasteiger partial charge on any atom is -0.480 e. The molecule has 2 aromatic carbocycles. The first-order valence-electron chi connectivity index (χ1n) is 9.43. The van der Waals surface area contributed by atoms with E-state index in [1.165, 1.54) is 36.1 Å². The fourth-order valence-electron chi connectivity index (χ4n) is 4.36. The summed E-state index contributed by atoms with van der Waals surface area (Å²) in [7, 11) is 0. The number of carboxylic acids is 1. The van der Waals surface area contributed by atoms with Crippen LogP contribution >= 0.6 is 0 Å². The Kier molecular flexibility index (Phi) is 4.79. The average molecular weight is 351 g/mol. The van der Waals surface area contributed by atoms with Crippen LogP contribution in [-0.2, 0) is 16.0 Å². The highest BCUT2D eigenvalue weighted by Gasteiger charge is 2.35. The summed E-state index contributed by atoms with van der Waals surface area (Å²) in [6.45, 7) is 4.29. The van der Waals surface area contributed by atoms with Crippen LogP contribution in [0.4, 0.5) is 0 Å². The molecule has 1 aliphatic heterocycles. The maximum atomic E-state index is 11.0. The quantitative estimate of drug-likeness (QED) is 0.822. The van der Waals surface area contributed by atoms with Gasteiger partial charge in [0.1, 0.15) is 12.7 Å². The number of benzene rings is 2. The van der Waals surface area contributed by atoms with E-state index in [4.69, 9.17) is 9.84 Å². The van der Waals surface area contributed by atoms with Crippen LogP contribution in [0.25, 0.3) is 11.1 Å². The molecule has 26 heavy (non-hydrogen) atoms. The second kappa shape index (κ2) is 7.22. The number of likely N-dealkylation sites (tertiary alicyclic amines) is 1. The summed E-state index contributed by atoms with van der Waals surface area (Å²) in [5.41, 5.74) is 6.02. The maximum absolute atomic E-state index is 11.0. The molecule has 0 amide bonds. The summed E-state index contributed by atoms with van der Waals surface area (Å²) in [4.78, 5) is 13.5. The van der Waals surface area contributed by atoms with Gasteiger partial charge < -0.3 is 14.7 Å². The van der Waals surface area contributed by atoms with Gasteiger partial charge in [-0.1, -0.05) is 42.5 Å². The van der Waals surface area contributed by atoms with Gasteiger partial charge >= 0.3 is 5.97 Å². The van der Waals surface area contributed by atoms with E-state index in [1.807, 2.05) is 18.2 Å². The van der Waals surface area contributed by atoms with E-state index in [-0.39, 0.29) is 12.7 Å². The van der Waals surface area contributed by atoms with Gasteiger partial charge in [-0.3, -0.25) is 0 Å². The van der Waals surface area contributed by atoms with Crippen LogP contribution in [0.1, 0.15) is 42.6 Å². The van der Waals surface area contributed by atoms with Gasteiger partial charge in [-0.25, -0.2) is 4.79 Å². The van der Waals surface area contributed by atoms with Crippen molar-refractivity contribution in [3.8, 4) is 11.1 Å². The molecular weight excluding hydrogens is 326 g/mol. The van der Waals surface area contributed by atoms with Crippen LogP contribution in [0.3, 0.4) is 0 Å². The van der Waals surface area contributed by atoms with Crippen LogP contribution in [0.5, 0.6) is 0 Å². The topological polar surface area (TPSA) is 49.8 Å². The first kappa shape index (κ1) is 17.3. The van der Waals surface area contributed by atoms with E-state index in [9.17, 15) is 4.79 Å². The minimum absolute atomic E-state index is 0.197. The lowest BCUT2D eigenvalue weighted by Crippen LogP contribution is -2.32. The number of carbonyl (C=O) groups is 1. The smallest absolute Gasteiger partial charge is 0.329 e. The zero-order valence-corrected chi connectivity index (χ0v) is 15.1. The van der Waals surface area contributed by atoms with Crippen molar-refractivity contribution < 1.29 is 14.6 Å². The van der Waals surface area contributed by atoms with E-state index in [0.717, 1.165) is 24.1 Å². The normalized spacial score (nSPS) is 21.6. The van der Waals surface area contributed by atoms with Crippen LogP contribution < -0.4 is 0 Å². The third-order valence-electron chi connectivity index (χ3n) is 5.74. The molecule has 1 saturated heterocycles. The fraction of sp³-hybridized carbons (Fsp3) is 0.409. The number of aliphatic carboxylic acids is 1. The third kappa shape index (κ3) is 3.15. The first-order valence-corrected chi connectivity index (χ1v) is 9.43. The van der Waals surface area contributed by atoms with Crippen molar-refractivity contribution in [1.29, 1.82) is 0 Å². The Bertz CT molecular complexity index is 803. The predicted octanol–water partition coefficient (Wildman–Crippen LogP) is 3.88. The molecule has 0 aromatic heterocycles. The van der Waals surface area contributed by atoms with Gasteiger partial charge in [-0.2, -0.15) is 0 Å². The van der Waals surface area contributed by atoms with Crippen LogP contribution in [0.2, 0.25) is 0 Å². The standard InChI is InChI=1S/C22H25NO3/c1-15-6-5-12-23(15)13-11-18-19-10-9-17(16-7-3-2-4-8-16)21(18)22(19)26-14-20(24)25/h2-4,7-10,15,22H,5-6,11-14H2,1H3,(H,24,25). The monoisotopic (exact) mass is 351 g/mol. The van der Waals surface area contributed by atoms with Gasteiger partial charge in [0, 0.05) is 12.6 Å². The first-order chi connectivity index (χ1) is 12.6. The van der Waals surface area contributed by atoms with Gasteiger partial charge in [0.25, 0.3) is 0 Å². The molecule has 1 aliphatic carbocycles. The molecule has 0 radical (unpaired) electrons. The molecule has 4 nitrogen and oxygen atoms in total. The number of hydrogen-bond acceptors (Lipinski definition) is 3. The van der Waals surface area contributed by atoms with E-state index in [2.05, 4.69) is 36.1 Å². The van der Waals surface area contributed by atoms with Crippen LogP contribution in [0, 0.1) is 0 Å². The minimum atomic E-state index is -0.922. The average Bonchev–Trinajstić information content (AvgIpc) is 3.06. The molecule has 2 aliphatic rings. The van der Waals surface area contributed by atoms with Crippen molar-refractivity contribution in [2.75, 3.05) is 19.7 Å². The summed E-state index contributed by atoms with van der Waals surface area (Å²) >= 11 is 0. The SMILES string of the molecule is CC1CCCN1CCc1c2ccc(-c3ccccc3)c1C2OCC(=O)O. The summed E-state index contributed by atoms with van der Waals surface area (Å²) in [6, 6.07) is 15.2. The zero-order chi connectivity index (χ0) is 18.1. The van der Waals surface area contributed by atoms with E-state index in [0.29, 0.717) is 6.04 Å². The Morgan fingerprint density at radius 2 is 2.04 bits per heavy atom. The largest absolute Gasteiger partial charge is 0.480 e. The van der Waals surface area contributed by atoms with Crippen molar-refractivity contribution >= 4 is 5.97 Å². The summed E-state index contributed by atoms with van der Waals surface area (Å²) < 4.78 is 5.70. The second-order valence-corrected chi connectivity index (χ2v) is 7.32. The number of nitrogens with zero attached hydrogens (tertiary/aromatic N) is 1. The lowest BCUT2D eigenvalue weighted by Gasteiger charge is -2.36. The second-order valence-electron chi connectivity index (χ2n) is 7.32. The molecular formula is C22H25NO3. The molecule has 2 unspecified atom stereocenters. The van der Waals surface area contributed by atoms with E-state index >= 15 is 0 Å². The van der Waals surface area contributed by atoms with Gasteiger partial charge in [0.15, 0.2) is 0 Å². The molecule has 2 aromatic rings. The number of carboxylic acid groups (broad SMARTS) is 1. The number of hydrogen-bond donors (Lipinski definition) is 1. The maximum Gasteiger partial charge on any atom is 0.329 e. The lowest BCUT2D eigenvalue weighted by atomic mass is 9.75. The highest BCUT2D eigenvalue weighted by molar-refractivity contribution is 5.76. The molecule has 0 spiro atoms. The van der Waals surface area contributed by atoms with Gasteiger partial charge in [-0.05, 0) is 60.5 Å². The van der Waals surface area contributed by atoms with Crippen LogP contribution in [-0.4, -0.2) is 41.7 Å². The molecule has 1 heterocycles. The molecule has 1 fully saturated rings. The zero-order valence-electron chi connectivity index (χ0n) is 15.1. The van der Waals surface area contributed by atoms with Gasteiger partial charge in [-0.15, -0.1) is 0 Å². The molecule has 4 heteroatoms. The summed E-state index contributed by atoms with van der Waals surface area (Å²) in [6.07, 6.45) is 3.38. The molecule has 1 N–H and O–H groups in total. The molecule has 2 atom stereocenters. The number of rotatable bonds is 7. The third-order valence-corrected chi connectivity index (χ3v) is 5.74. The predicted molar refractivity (Wildman–Crippen MR) is 101 cm³/mol. The van der Waals surface area contributed by atoms with E-state index in [1.54, 1.807) is 0 Å². The highest BCUT2D eigenvalue weighted by atomic mass is 16.5. The lowest BCUT2D eigenvalue weighted by molar-refractivity contribution is -0.143. The van der Waals surface area contributed by atoms with Crippen molar-refractivity contribution in [1.82, 2.24) is 4.90 Å². The Balaban J connectivity index is 1.60. The van der Waals surface area contributed by atoms with Crippen molar-refractivity contribution in [3.05, 3.63) is 59.2 Å². The van der Waals surface area contributed by atoms with E-state index < -0.39 is 5.97 Å². The molecule has 0 saturated carbocycles. The highest BCUT2D eigenvalue weighted by Crippen LogP contribution is 2.48. The van der Waals surface area contributed by atoms with Crippen molar-refractivity contribution in [3.63, 3.8) is 0 Å². The Hall–Kier alpha value is -2.17. The van der Waals surface area contributed by atoms with Gasteiger partial charge in [0.2, 0.25) is 0 Å². The number of fused-ring (bicyclic) bond motifs is 2. The van der Waals surface area contributed by atoms with Crippen LogP contribution in [0.15, 0.2) is 42.5 Å². The molecule has 4 rings (SSSR count). The Labute approximate surface area is 154 Å². The van der Waals surface area contributed by atoms with Gasteiger partial charge in [0.05, 0.1) is 0 Å². The summed E-state index contributed by atoms with van der Waals surface area (Å²) in [5, 5.41) is 8.99. The van der Waals surface area contributed by atoms with Crippen molar-refractivity contribution in [2.45, 2.75) is 38.3 Å². The Morgan fingerprint density at radius 3 is 2.73 bits per heavy atom. The van der Waals surface area contributed by atoms with Crippen molar-refractivity contribution in [2.24, 2.45) is 0 Å². The molecule has 2 bridgehead atoms. The summed E-state index contributed by atoms with van der Waals surface area (Å²) in [5.74, 6) is -0.922. The number of ether oxygens (including phenoxy) is 1. The molecule has 136 valence electrons.